The third-order valence-corrected chi connectivity index (χ3v) is 4.88. The second kappa shape index (κ2) is 8.33. The van der Waals surface area contributed by atoms with Gasteiger partial charge >= 0.3 is 0 Å². The first-order chi connectivity index (χ1) is 11.8. The molecule has 0 bridgehead atoms. The van der Waals surface area contributed by atoms with Crippen molar-refractivity contribution in [1.82, 2.24) is 10.3 Å². The summed E-state index contributed by atoms with van der Waals surface area (Å²) in [6.07, 6.45) is 0. The zero-order chi connectivity index (χ0) is 18.4. The third-order valence-electron chi connectivity index (χ3n) is 3.37. The van der Waals surface area contributed by atoms with E-state index in [9.17, 15) is 13.2 Å². The SMILES string of the molecule is CC(C)c1ccc(S(=O)(=O)NNC(=O)COc2ccc(Cl)cc2)cc1. The Morgan fingerprint density at radius 2 is 1.68 bits per heavy atom. The van der Waals surface area contributed by atoms with Crippen molar-refractivity contribution in [2.45, 2.75) is 24.7 Å². The molecule has 0 aliphatic rings. The van der Waals surface area contributed by atoms with Crippen molar-refractivity contribution in [2.75, 3.05) is 6.61 Å². The van der Waals surface area contributed by atoms with Crippen LogP contribution in [-0.2, 0) is 14.8 Å². The molecule has 2 aromatic rings. The minimum absolute atomic E-state index is 0.0656. The summed E-state index contributed by atoms with van der Waals surface area (Å²) in [6, 6.07) is 12.9. The summed E-state index contributed by atoms with van der Waals surface area (Å²) < 4.78 is 29.5. The zero-order valence-corrected chi connectivity index (χ0v) is 15.4. The van der Waals surface area contributed by atoms with E-state index in [2.05, 4.69) is 5.43 Å². The molecule has 6 nitrogen and oxygen atoms in total. The van der Waals surface area contributed by atoms with Crippen LogP contribution in [0.5, 0.6) is 5.75 Å². The summed E-state index contributed by atoms with van der Waals surface area (Å²) in [5.74, 6) is 0.124. The Labute approximate surface area is 152 Å². The lowest BCUT2D eigenvalue weighted by Crippen LogP contribution is -2.43. The topological polar surface area (TPSA) is 84.5 Å². The lowest BCUT2D eigenvalue weighted by molar-refractivity contribution is -0.123. The van der Waals surface area contributed by atoms with Gasteiger partial charge in [0.1, 0.15) is 5.75 Å². The predicted octanol–water partition coefficient (Wildman–Crippen LogP) is 2.85. The average molecular weight is 383 g/mol. The fourth-order valence-corrected chi connectivity index (χ4v) is 2.92. The number of rotatable bonds is 7. The van der Waals surface area contributed by atoms with Crippen LogP contribution in [0, 0.1) is 0 Å². The van der Waals surface area contributed by atoms with Crippen molar-refractivity contribution < 1.29 is 17.9 Å². The number of halogens is 1. The van der Waals surface area contributed by atoms with E-state index in [1.807, 2.05) is 18.7 Å². The van der Waals surface area contributed by atoms with Gasteiger partial charge in [0.25, 0.3) is 15.9 Å². The van der Waals surface area contributed by atoms with Crippen LogP contribution in [0.2, 0.25) is 5.02 Å². The van der Waals surface area contributed by atoms with Gasteiger partial charge in [0, 0.05) is 5.02 Å². The van der Waals surface area contributed by atoms with Crippen molar-refractivity contribution in [3.8, 4) is 5.75 Å². The molecule has 0 atom stereocenters. The number of hydrazine groups is 1. The third kappa shape index (κ3) is 5.74. The van der Waals surface area contributed by atoms with E-state index in [0.717, 1.165) is 5.56 Å². The first-order valence-corrected chi connectivity index (χ1v) is 9.43. The number of amides is 1. The summed E-state index contributed by atoms with van der Waals surface area (Å²) >= 11 is 5.75. The highest BCUT2D eigenvalue weighted by molar-refractivity contribution is 7.89. The number of benzene rings is 2. The fourth-order valence-electron chi connectivity index (χ4n) is 1.93. The van der Waals surface area contributed by atoms with Crippen LogP contribution in [0.4, 0.5) is 0 Å². The van der Waals surface area contributed by atoms with Crippen LogP contribution in [0.25, 0.3) is 0 Å². The Morgan fingerprint density at radius 1 is 1.08 bits per heavy atom. The molecule has 134 valence electrons. The maximum absolute atomic E-state index is 12.1. The first kappa shape index (κ1) is 19.2. The molecule has 2 N–H and O–H groups in total. The maximum Gasteiger partial charge on any atom is 0.272 e. The van der Waals surface area contributed by atoms with Crippen molar-refractivity contribution >= 4 is 27.5 Å². The van der Waals surface area contributed by atoms with Gasteiger partial charge in [-0.15, -0.1) is 4.83 Å². The van der Waals surface area contributed by atoms with Gasteiger partial charge in [-0.3, -0.25) is 10.2 Å². The van der Waals surface area contributed by atoms with Crippen molar-refractivity contribution in [1.29, 1.82) is 0 Å². The quantitative estimate of drug-likeness (QED) is 0.721. The van der Waals surface area contributed by atoms with Crippen LogP contribution >= 0.6 is 11.6 Å². The summed E-state index contributed by atoms with van der Waals surface area (Å²) in [5.41, 5.74) is 3.14. The smallest absolute Gasteiger partial charge is 0.272 e. The second-order valence-corrected chi connectivity index (χ2v) is 7.74. The number of carbonyl (C=O) groups is 1. The van der Waals surface area contributed by atoms with E-state index in [1.54, 1.807) is 36.4 Å². The molecule has 8 heteroatoms. The van der Waals surface area contributed by atoms with Gasteiger partial charge in [-0.1, -0.05) is 37.6 Å². The lowest BCUT2D eigenvalue weighted by Gasteiger charge is -2.11. The van der Waals surface area contributed by atoms with E-state index in [0.29, 0.717) is 16.7 Å². The van der Waals surface area contributed by atoms with E-state index in [1.165, 1.54) is 12.1 Å². The molecule has 25 heavy (non-hydrogen) atoms. The normalized spacial score (nSPS) is 11.4. The molecule has 0 unspecified atom stereocenters. The van der Waals surface area contributed by atoms with Gasteiger partial charge in [0.2, 0.25) is 0 Å². The van der Waals surface area contributed by atoms with Crippen LogP contribution < -0.4 is 15.0 Å². The highest BCUT2D eigenvalue weighted by Crippen LogP contribution is 2.17. The Bertz CT molecular complexity index is 819. The van der Waals surface area contributed by atoms with E-state index < -0.39 is 15.9 Å². The largest absolute Gasteiger partial charge is 0.484 e. The monoisotopic (exact) mass is 382 g/mol. The number of carbonyl (C=O) groups excluding carboxylic acids is 1. The van der Waals surface area contributed by atoms with Crippen LogP contribution in [0.1, 0.15) is 25.3 Å². The highest BCUT2D eigenvalue weighted by Gasteiger charge is 2.15. The van der Waals surface area contributed by atoms with Crippen molar-refractivity contribution in [2.24, 2.45) is 0 Å². The number of sulfonamides is 1. The molecule has 0 aliphatic heterocycles. The molecule has 0 aliphatic carbocycles. The van der Waals surface area contributed by atoms with E-state index in [4.69, 9.17) is 16.3 Å². The van der Waals surface area contributed by atoms with E-state index in [-0.39, 0.29) is 11.5 Å². The maximum atomic E-state index is 12.1. The number of nitrogens with one attached hydrogen (secondary N) is 2. The molecule has 0 saturated heterocycles. The molecule has 0 saturated carbocycles. The molecule has 1 amide bonds. The number of hydrogen-bond acceptors (Lipinski definition) is 4. The first-order valence-electron chi connectivity index (χ1n) is 7.57. The molecule has 2 rings (SSSR count). The zero-order valence-electron chi connectivity index (χ0n) is 13.8. The van der Waals surface area contributed by atoms with Gasteiger partial charge in [-0.2, -0.15) is 0 Å². The Balaban J connectivity index is 1.88. The lowest BCUT2D eigenvalue weighted by atomic mass is 10.0. The summed E-state index contributed by atoms with van der Waals surface area (Å²) in [6.45, 7) is 3.70. The van der Waals surface area contributed by atoms with Crippen LogP contribution in [-0.4, -0.2) is 20.9 Å². The average Bonchev–Trinajstić information content (AvgIpc) is 2.59. The van der Waals surface area contributed by atoms with E-state index >= 15 is 0 Å². The molecule has 2 aromatic carbocycles. The molecule has 0 radical (unpaired) electrons. The Hall–Kier alpha value is -2.09. The molecule has 0 fully saturated rings. The minimum Gasteiger partial charge on any atom is -0.484 e. The predicted molar refractivity (Wildman–Crippen MR) is 95.9 cm³/mol. The van der Waals surface area contributed by atoms with Gasteiger partial charge in [0.15, 0.2) is 6.61 Å². The van der Waals surface area contributed by atoms with Crippen LogP contribution in [0.15, 0.2) is 53.4 Å². The summed E-state index contributed by atoms with van der Waals surface area (Å²) in [4.78, 5) is 13.8. The van der Waals surface area contributed by atoms with Crippen LogP contribution in [0.3, 0.4) is 0 Å². The Morgan fingerprint density at radius 3 is 2.24 bits per heavy atom. The number of ether oxygens (including phenoxy) is 1. The fraction of sp³-hybridized carbons (Fsp3) is 0.235. The van der Waals surface area contributed by atoms with Crippen molar-refractivity contribution in [3.05, 3.63) is 59.1 Å². The molecule has 0 heterocycles. The number of hydrogen-bond donors (Lipinski definition) is 2. The standard InChI is InChI=1S/C17H19ClN2O4S/c1-12(2)13-3-9-16(10-4-13)25(22,23)20-19-17(21)11-24-15-7-5-14(18)6-8-15/h3-10,12,20H,11H2,1-2H3,(H,19,21). The highest BCUT2D eigenvalue weighted by atomic mass is 35.5. The van der Waals surface area contributed by atoms with Gasteiger partial charge in [-0.25, -0.2) is 8.42 Å². The second-order valence-electron chi connectivity index (χ2n) is 5.62. The minimum atomic E-state index is -3.84. The Kier molecular flexibility index (Phi) is 6.41. The van der Waals surface area contributed by atoms with Gasteiger partial charge in [-0.05, 0) is 47.9 Å². The molecular weight excluding hydrogens is 364 g/mol. The van der Waals surface area contributed by atoms with Crippen molar-refractivity contribution in [3.63, 3.8) is 0 Å². The molecular formula is C17H19ClN2O4S. The summed E-state index contributed by atoms with van der Waals surface area (Å²) in [7, 11) is -3.84. The molecule has 0 spiro atoms. The van der Waals surface area contributed by atoms with Gasteiger partial charge < -0.3 is 4.74 Å². The molecule has 0 aromatic heterocycles. The van der Waals surface area contributed by atoms with Gasteiger partial charge in [0.05, 0.1) is 4.90 Å². The summed E-state index contributed by atoms with van der Waals surface area (Å²) in [5, 5.41) is 0.549.